The van der Waals surface area contributed by atoms with Gasteiger partial charge < -0.3 is 14.8 Å². The summed E-state index contributed by atoms with van der Waals surface area (Å²) >= 11 is 13.4. The van der Waals surface area contributed by atoms with E-state index < -0.39 is 23.6 Å². The minimum absolute atomic E-state index is 0.0496. The number of methoxy groups -OCH3 is 1. The first-order valence-electron chi connectivity index (χ1n) is 10.8. The number of thioether (sulfide) groups is 1. The molecular formula is C26H19Cl2FN2O5S. The highest BCUT2D eigenvalue weighted by molar-refractivity contribution is 8.18. The number of carbonyl (C=O) groups is 3. The van der Waals surface area contributed by atoms with Gasteiger partial charge in [-0.25, -0.2) is 4.39 Å². The number of anilines is 1. The van der Waals surface area contributed by atoms with Gasteiger partial charge in [0.25, 0.3) is 11.1 Å². The number of imide groups is 1. The molecule has 1 aliphatic rings. The fourth-order valence-electron chi connectivity index (χ4n) is 3.39. The number of nitrogens with one attached hydrogen (secondary N) is 1. The van der Waals surface area contributed by atoms with Crippen LogP contribution in [0.2, 0.25) is 10.0 Å². The van der Waals surface area contributed by atoms with E-state index in [0.717, 1.165) is 4.90 Å². The Morgan fingerprint density at radius 2 is 1.78 bits per heavy atom. The minimum Gasteiger partial charge on any atom is -0.497 e. The maximum Gasteiger partial charge on any atom is 0.294 e. The molecule has 7 nitrogen and oxygen atoms in total. The molecule has 0 atom stereocenters. The zero-order valence-corrected chi connectivity index (χ0v) is 21.6. The van der Waals surface area contributed by atoms with Gasteiger partial charge in [0, 0.05) is 5.69 Å². The molecule has 1 heterocycles. The quantitative estimate of drug-likeness (QED) is 0.321. The average molecular weight is 561 g/mol. The fourth-order valence-corrected chi connectivity index (χ4v) is 4.84. The molecule has 0 saturated carbocycles. The van der Waals surface area contributed by atoms with Crippen LogP contribution in [0.25, 0.3) is 6.08 Å². The van der Waals surface area contributed by atoms with Crippen molar-refractivity contribution in [2.45, 2.75) is 6.61 Å². The van der Waals surface area contributed by atoms with Crippen molar-refractivity contribution in [2.24, 2.45) is 0 Å². The number of carbonyl (C=O) groups excluding carboxylic acids is 3. The van der Waals surface area contributed by atoms with Crippen LogP contribution in [-0.2, 0) is 16.2 Å². The molecule has 3 aromatic rings. The number of amides is 3. The van der Waals surface area contributed by atoms with Crippen LogP contribution in [0.4, 0.5) is 14.9 Å². The third kappa shape index (κ3) is 6.62. The summed E-state index contributed by atoms with van der Waals surface area (Å²) in [4.78, 5) is 38.6. The van der Waals surface area contributed by atoms with Crippen LogP contribution in [0.3, 0.4) is 0 Å². The standard InChI is InChI=1S/C26H19Cl2FN2O5S/c1-35-19-7-5-18(6-8-19)30-23(32)13-31-25(33)22(37-26(31)34)12-16-10-20(27)24(21(28)11-16)36-14-15-3-2-4-17(29)9-15/h2-12H,13-14H2,1H3,(H,30,32)/b22-12+. The molecule has 3 aromatic carbocycles. The molecule has 37 heavy (non-hydrogen) atoms. The lowest BCUT2D eigenvalue weighted by Crippen LogP contribution is -2.36. The van der Waals surface area contributed by atoms with Crippen molar-refractivity contribution in [1.29, 1.82) is 0 Å². The summed E-state index contributed by atoms with van der Waals surface area (Å²) < 4.78 is 24.1. The maximum atomic E-state index is 13.4. The molecule has 1 saturated heterocycles. The molecule has 0 aromatic heterocycles. The lowest BCUT2D eigenvalue weighted by molar-refractivity contribution is -0.127. The predicted molar refractivity (Wildman–Crippen MR) is 141 cm³/mol. The Morgan fingerprint density at radius 1 is 1.08 bits per heavy atom. The van der Waals surface area contributed by atoms with Crippen LogP contribution in [-0.4, -0.2) is 35.6 Å². The Hall–Kier alpha value is -3.53. The Labute approximate surface area is 226 Å². The van der Waals surface area contributed by atoms with Gasteiger partial charge in [-0.3, -0.25) is 19.3 Å². The van der Waals surface area contributed by atoms with Gasteiger partial charge in [-0.1, -0.05) is 35.3 Å². The van der Waals surface area contributed by atoms with Gasteiger partial charge in [0.1, 0.15) is 24.7 Å². The number of ether oxygens (including phenoxy) is 2. The highest BCUT2D eigenvalue weighted by Gasteiger charge is 2.36. The highest BCUT2D eigenvalue weighted by atomic mass is 35.5. The summed E-state index contributed by atoms with van der Waals surface area (Å²) in [5, 5.41) is 2.41. The summed E-state index contributed by atoms with van der Waals surface area (Å²) in [6, 6.07) is 15.6. The number of benzene rings is 3. The van der Waals surface area contributed by atoms with Crippen molar-refractivity contribution >= 4 is 63.8 Å². The van der Waals surface area contributed by atoms with Crippen LogP contribution < -0.4 is 14.8 Å². The van der Waals surface area contributed by atoms with E-state index in [1.165, 1.54) is 37.5 Å². The fraction of sp³-hybridized carbons (Fsp3) is 0.115. The van der Waals surface area contributed by atoms with Gasteiger partial charge in [0.2, 0.25) is 5.91 Å². The smallest absolute Gasteiger partial charge is 0.294 e. The highest BCUT2D eigenvalue weighted by Crippen LogP contribution is 2.37. The largest absolute Gasteiger partial charge is 0.497 e. The van der Waals surface area contributed by atoms with Crippen LogP contribution in [0.5, 0.6) is 11.5 Å². The van der Waals surface area contributed by atoms with Gasteiger partial charge in [-0.05, 0) is 77.5 Å². The Balaban J connectivity index is 1.42. The van der Waals surface area contributed by atoms with Crippen molar-refractivity contribution < 1.29 is 28.2 Å². The third-order valence-corrected chi connectivity index (χ3v) is 6.61. The molecule has 0 unspecified atom stereocenters. The van der Waals surface area contributed by atoms with E-state index in [1.807, 2.05) is 0 Å². The van der Waals surface area contributed by atoms with E-state index in [4.69, 9.17) is 32.7 Å². The molecule has 0 spiro atoms. The lowest BCUT2D eigenvalue weighted by Gasteiger charge is -2.13. The van der Waals surface area contributed by atoms with Crippen LogP contribution in [0.15, 0.2) is 65.6 Å². The summed E-state index contributed by atoms with van der Waals surface area (Å²) in [6.45, 7) is -0.392. The van der Waals surface area contributed by atoms with Crippen molar-refractivity contribution in [2.75, 3.05) is 19.0 Å². The second kappa shape index (κ2) is 11.7. The molecular weight excluding hydrogens is 542 g/mol. The maximum absolute atomic E-state index is 13.4. The Bertz CT molecular complexity index is 1370. The molecule has 3 amide bonds. The number of halogens is 3. The molecule has 0 radical (unpaired) electrons. The SMILES string of the molecule is COc1ccc(NC(=O)CN2C(=O)S/C(=C/c3cc(Cl)c(OCc4cccc(F)c4)c(Cl)c3)C2=O)cc1. The summed E-state index contributed by atoms with van der Waals surface area (Å²) in [6.07, 6.45) is 1.46. The van der Waals surface area contributed by atoms with Gasteiger partial charge >= 0.3 is 0 Å². The van der Waals surface area contributed by atoms with Gasteiger partial charge in [0.15, 0.2) is 5.75 Å². The molecule has 190 valence electrons. The van der Waals surface area contributed by atoms with E-state index in [-0.39, 0.29) is 33.1 Å². The van der Waals surface area contributed by atoms with E-state index in [9.17, 15) is 18.8 Å². The van der Waals surface area contributed by atoms with E-state index >= 15 is 0 Å². The average Bonchev–Trinajstić information content (AvgIpc) is 3.11. The second-order valence-corrected chi connectivity index (χ2v) is 9.58. The van der Waals surface area contributed by atoms with Gasteiger partial charge in [0.05, 0.1) is 22.1 Å². The molecule has 1 fully saturated rings. The second-order valence-electron chi connectivity index (χ2n) is 7.78. The van der Waals surface area contributed by atoms with E-state index in [2.05, 4.69) is 5.32 Å². The van der Waals surface area contributed by atoms with Gasteiger partial charge in [-0.15, -0.1) is 0 Å². The molecule has 1 N–H and O–H groups in total. The Kier molecular flexibility index (Phi) is 8.38. The molecule has 11 heteroatoms. The summed E-state index contributed by atoms with van der Waals surface area (Å²) in [5.41, 5.74) is 1.56. The first kappa shape index (κ1) is 26.5. The van der Waals surface area contributed by atoms with E-state index in [1.54, 1.807) is 36.4 Å². The molecule has 1 aliphatic heterocycles. The van der Waals surface area contributed by atoms with Crippen LogP contribution >= 0.6 is 35.0 Å². The monoisotopic (exact) mass is 560 g/mol. The van der Waals surface area contributed by atoms with Gasteiger partial charge in [-0.2, -0.15) is 0 Å². The zero-order chi connectivity index (χ0) is 26.5. The summed E-state index contributed by atoms with van der Waals surface area (Å²) in [5.74, 6) is -0.701. The van der Waals surface area contributed by atoms with Crippen molar-refractivity contribution in [3.05, 3.63) is 92.6 Å². The van der Waals surface area contributed by atoms with Crippen molar-refractivity contribution in [3.63, 3.8) is 0 Å². The first-order valence-corrected chi connectivity index (χ1v) is 12.4. The number of hydrogen-bond acceptors (Lipinski definition) is 6. The first-order chi connectivity index (χ1) is 17.7. The molecule has 0 aliphatic carbocycles. The predicted octanol–water partition coefficient (Wildman–Crippen LogP) is 6.40. The van der Waals surface area contributed by atoms with Crippen LogP contribution in [0, 0.1) is 5.82 Å². The minimum atomic E-state index is -0.612. The molecule has 0 bridgehead atoms. The number of nitrogens with zero attached hydrogens (tertiary/aromatic N) is 1. The number of rotatable bonds is 8. The normalized spacial score (nSPS) is 14.3. The summed E-state index contributed by atoms with van der Waals surface area (Å²) in [7, 11) is 1.53. The Morgan fingerprint density at radius 3 is 2.43 bits per heavy atom. The zero-order valence-electron chi connectivity index (χ0n) is 19.3. The topological polar surface area (TPSA) is 84.9 Å². The lowest BCUT2D eigenvalue weighted by atomic mass is 10.2. The third-order valence-electron chi connectivity index (χ3n) is 5.14. The molecule has 4 rings (SSSR count). The number of hydrogen-bond donors (Lipinski definition) is 1. The van der Waals surface area contributed by atoms with E-state index in [0.29, 0.717) is 34.3 Å². The van der Waals surface area contributed by atoms with Crippen molar-refractivity contribution in [3.8, 4) is 11.5 Å². The van der Waals surface area contributed by atoms with Crippen molar-refractivity contribution in [1.82, 2.24) is 4.90 Å². The van der Waals surface area contributed by atoms with Crippen LogP contribution in [0.1, 0.15) is 11.1 Å².